The topological polar surface area (TPSA) is 58.6 Å². The van der Waals surface area contributed by atoms with Gasteiger partial charge in [0.15, 0.2) is 0 Å². The van der Waals surface area contributed by atoms with Gasteiger partial charge in [-0.15, -0.1) is 0 Å². The molecule has 20 heavy (non-hydrogen) atoms. The number of hydrogen-bond acceptors (Lipinski definition) is 3. The Balaban J connectivity index is 1.72. The maximum Gasteiger partial charge on any atom is 0.220 e. The van der Waals surface area contributed by atoms with E-state index in [2.05, 4.69) is 5.32 Å². The van der Waals surface area contributed by atoms with Crippen LogP contribution in [0.4, 0.5) is 0 Å². The molecule has 2 aliphatic rings. The van der Waals surface area contributed by atoms with Gasteiger partial charge in [-0.3, -0.25) is 4.79 Å². The van der Waals surface area contributed by atoms with E-state index in [1.165, 1.54) is 32.1 Å². The summed E-state index contributed by atoms with van der Waals surface area (Å²) >= 11 is 0. The Morgan fingerprint density at radius 2 is 2.00 bits per heavy atom. The van der Waals surface area contributed by atoms with Crippen LogP contribution in [0.1, 0.15) is 64.2 Å². The van der Waals surface area contributed by atoms with E-state index in [0.717, 1.165) is 25.9 Å². The SMILES string of the molecule is O=C(CCC1CCCO1)NC(CCO)C1CCCCC1. The largest absolute Gasteiger partial charge is 0.396 e. The van der Waals surface area contributed by atoms with E-state index in [1.54, 1.807) is 0 Å². The lowest BCUT2D eigenvalue weighted by Gasteiger charge is -2.30. The summed E-state index contributed by atoms with van der Waals surface area (Å²) in [5.41, 5.74) is 0. The highest BCUT2D eigenvalue weighted by Crippen LogP contribution is 2.28. The third-order valence-electron chi connectivity index (χ3n) is 4.72. The number of carbonyl (C=O) groups is 1. The van der Waals surface area contributed by atoms with Crippen molar-refractivity contribution in [1.29, 1.82) is 0 Å². The Morgan fingerprint density at radius 1 is 1.20 bits per heavy atom. The molecular formula is C16H29NO3. The van der Waals surface area contributed by atoms with E-state index in [1.807, 2.05) is 0 Å². The first-order valence-corrected chi connectivity index (χ1v) is 8.31. The van der Waals surface area contributed by atoms with Crippen LogP contribution in [0.2, 0.25) is 0 Å². The maximum atomic E-state index is 12.1. The normalized spacial score (nSPS) is 25.6. The second-order valence-electron chi connectivity index (χ2n) is 6.26. The quantitative estimate of drug-likeness (QED) is 0.754. The zero-order valence-electron chi connectivity index (χ0n) is 12.5. The van der Waals surface area contributed by atoms with Gasteiger partial charge >= 0.3 is 0 Å². The van der Waals surface area contributed by atoms with Gasteiger partial charge in [-0.05, 0) is 44.4 Å². The lowest BCUT2D eigenvalue weighted by molar-refractivity contribution is -0.123. The molecular weight excluding hydrogens is 254 g/mol. The van der Waals surface area contributed by atoms with E-state index in [4.69, 9.17) is 4.74 Å². The number of amides is 1. The van der Waals surface area contributed by atoms with Crippen LogP contribution in [0.15, 0.2) is 0 Å². The summed E-state index contributed by atoms with van der Waals surface area (Å²) in [6.45, 7) is 1.01. The zero-order valence-corrected chi connectivity index (χ0v) is 12.5. The van der Waals surface area contributed by atoms with Crippen molar-refractivity contribution in [3.05, 3.63) is 0 Å². The summed E-state index contributed by atoms with van der Waals surface area (Å²) in [4.78, 5) is 12.1. The number of ether oxygens (including phenoxy) is 1. The summed E-state index contributed by atoms with van der Waals surface area (Å²) in [5, 5.41) is 12.4. The fourth-order valence-corrected chi connectivity index (χ4v) is 3.54. The molecule has 4 heteroatoms. The smallest absolute Gasteiger partial charge is 0.220 e. The van der Waals surface area contributed by atoms with Gasteiger partial charge in [0, 0.05) is 25.7 Å². The standard InChI is InChI=1S/C16H29NO3/c18-11-10-15(13-5-2-1-3-6-13)17-16(19)9-8-14-7-4-12-20-14/h13-15,18H,1-12H2,(H,17,19). The van der Waals surface area contributed by atoms with Crippen LogP contribution >= 0.6 is 0 Å². The van der Waals surface area contributed by atoms with E-state index < -0.39 is 0 Å². The summed E-state index contributed by atoms with van der Waals surface area (Å²) in [7, 11) is 0. The predicted molar refractivity (Wildman–Crippen MR) is 78.4 cm³/mol. The van der Waals surface area contributed by atoms with Crippen LogP contribution < -0.4 is 5.32 Å². The number of rotatable bonds is 7. The Labute approximate surface area is 122 Å². The zero-order chi connectivity index (χ0) is 14.2. The number of hydrogen-bond donors (Lipinski definition) is 2. The molecule has 2 unspecified atom stereocenters. The van der Waals surface area contributed by atoms with Crippen molar-refractivity contribution in [1.82, 2.24) is 5.32 Å². The summed E-state index contributed by atoms with van der Waals surface area (Å²) in [5.74, 6) is 0.687. The monoisotopic (exact) mass is 283 g/mol. The van der Waals surface area contributed by atoms with Crippen molar-refractivity contribution in [3.63, 3.8) is 0 Å². The van der Waals surface area contributed by atoms with Crippen molar-refractivity contribution < 1.29 is 14.6 Å². The van der Waals surface area contributed by atoms with Crippen molar-refractivity contribution in [2.24, 2.45) is 5.92 Å². The molecule has 0 radical (unpaired) electrons. The van der Waals surface area contributed by atoms with E-state index in [-0.39, 0.29) is 24.7 Å². The minimum Gasteiger partial charge on any atom is -0.396 e. The molecule has 0 spiro atoms. The highest BCUT2D eigenvalue weighted by Gasteiger charge is 2.25. The molecule has 4 nitrogen and oxygen atoms in total. The van der Waals surface area contributed by atoms with Gasteiger partial charge in [0.1, 0.15) is 0 Å². The van der Waals surface area contributed by atoms with Crippen LogP contribution in [-0.4, -0.2) is 36.4 Å². The Hall–Kier alpha value is -0.610. The third kappa shape index (κ3) is 5.06. The van der Waals surface area contributed by atoms with Gasteiger partial charge in [0.05, 0.1) is 6.10 Å². The van der Waals surface area contributed by atoms with Gasteiger partial charge in [-0.2, -0.15) is 0 Å². The van der Waals surface area contributed by atoms with Crippen molar-refractivity contribution in [2.75, 3.05) is 13.2 Å². The Bertz CT molecular complexity index is 283. The molecule has 1 aliphatic heterocycles. The number of aliphatic hydroxyl groups is 1. The predicted octanol–water partition coefficient (Wildman–Crippen LogP) is 2.39. The molecule has 2 atom stereocenters. The van der Waals surface area contributed by atoms with Gasteiger partial charge in [0.2, 0.25) is 5.91 Å². The van der Waals surface area contributed by atoms with E-state index in [0.29, 0.717) is 18.8 Å². The van der Waals surface area contributed by atoms with Crippen molar-refractivity contribution in [3.8, 4) is 0 Å². The molecule has 0 bridgehead atoms. The number of carbonyl (C=O) groups excluding carboxylic acids is 1. The molecule has 0 aromatic rings. The fraction of sp³-hybridized carbons (Fsp3) is 0.938. The molecule has 0 aromatic carbocycles. The summed E-state index contributed by atoms with van der Waals surface area (Å²) in [6.07, 6.45) is 10.8. The number of aliphatic hydroxyl groups excluding tert-OH is 1. The van der Waals surface area contributed by atoms with Gasteiger partial charge < -0.3 is 15.2 Å². The second-order valence-corrected chi connectivity index (χ2v) is 6.26. The molecule has 1 aliphatic carbocycles. The van der Waals surface area contributed by atoms with Gasteiger partial charge in [-0.25, -0.2) is 0 Å². The molecule has 0 aromatic heterocycles. The first-order valence-electron chi connectivity index (χ1n) is 8.31. The van der Waals surface area contributed by atoms with Crippen molar-refractivity contribution >= 4 is 5.91 Å². The second kappa shape index (κ2) is 8.63. The molecule has 2 fully saturated rings. The molecule has 116 valence electrons. The van der Waals surface area contributed by atoms with Gasteiger partial charge in [0.25, 0.3) is 0 Å². The molecule has 1 saturated carbocycles. The molecule has 2 N–H and O–H groups in total. The van der Waals surface area contributed by atoms with Crippen LogP contribution in [0.3, 0.4) is 0 Å². The average molecular weight is 283 g/mol. The number of nitrogens with one attached hydrogen (secondary N) is 1. The first-order chi connectivity index (χ1) is 9.79. The van der Waals surface area contributed by atoms with Crippen LogP contribution in [0.25, 0.3) is 0 Å². The summed E-state index contributed by atoms with van der Waals surface area (Å²) in [6, 6.07) is 0.164. The van der Waals surface area contributed by atoms with Crippen LogP contribution in [-0.2, 0) is 9.53 Å². The minimum atomic E-state index is 0.129. The lowest BCUT2D eigenvalue weighted by Crippen LogP contribution is -2.41. The van der Waals surface area contributed by atoms with Crippen LogP contribution in [0, 0.1) is 5.92 Å². The third-order valence-corrected chi connectivity index (χ3v) is 4.72. The van der Waals surface area contributed by atoms with E-state index >= 15 is 0 Å². The minimum absolute atomic E-state index is 0.129. The molecule has 1 amide bonds. The average Bonchev–Trinajstić information content (AvgIpc) is 2.99. The van der Waals surface area contributed by atoms with Crippen LogP contribution in [0.5, 0.6) is 0 Å². The highest BCUT2D eigenvalue weighted by molar-refractivity contribution is 5.76. The van der Waals surface area contributed by atoms with E-state index in [9.17, 15) is 9.90 Å². The molecule has 1 heterocycles. The maximum absolute atomic E-state index is 12.1. The lowest BCUT2D eigenvalue weighted by atomic mass is 9.82. The first kappa shape index (κ1) is 15.8. The summed E-state index contributed by atoms with van der Waals surface area (Å²) < 4.78 is 5.55. The Morgan fingerprint density at radius 3 is 2.65 bits per heavy atom. The molecule has 1 saturated heterocycles. The molecule has 2 rings (SSSR count). The fourth-order valence-electron chi connectivity index (χ4n) is 3.54. The van der Waals surface area contributed by atoms with Crippen molar-refractivity contribution in [2.45, 2.75) is 76.4 Å². The Kier molecular flexibility index (Phi) is 6.80. The van der Waals surface area contributed by atoms with Gasteiger partial charge in [-0.1, -0.05) is 19.3 Å². The highest BCUT2D eigenvalue weighted by atomic mass is 16.5.